The first-order valence-electron chi connectivity index (χ1n) is 6.16. The molecule has 6 heteroatoms. The lowest BCUT2D eigenvalue weighted by Crippen LogP contribution is -2.19. The molecule has 0 saturated heterocycles. The number of halogens is 2. The lowest BCUT2D eigenvalue weighted by Gasteiger charge is -2.01. The van der Waals surface area contributed by atoms with Crippen LogP contribution in [0.2, 0.25) is 10.0 Å². The Morgan fingerprint density at radius 2 is 1.86 bits per heavy atom. The van der Waals surface area contributed by atoms with Crippen molar-refractivity contribution >= 4 is 41.0 Å². The highest BCUT2D eigenvalue weighted by Crippen LogP contribution is 2.21. The minimum absolute atomic E-state index is 0.212. The maximum Gasteiger partial charge on any atom is 0.244 e. The van der Waals surface area contributed by atoms with Gasteiger partial charge in [-0.25, -0.2) is 5.43 Å². The van der Waals surface area contributed by atoms with Crippen molar-refractivity contribution in [2.75, 3.05) is 5.73 Å². The van der Waals surface area contributed by atoms with E-state index in [4.69, 9.17) is 28.9 Å². The van der Waals surface area contributed by atoms with Crippen LogP contribution < -0.4 is 11.2 Å². The number of hydrazone groups is 1. The molecule has 0 bridgehead atoms. The van der Waals surface area contributed by atoms with Crippen molar-refractivity contribution in [1.82, 2.24) is 5.43 Å². The van der Waals surface area contributed by atoms with Crippen molar-refractivity contribution in [3.05, 3.63) is 63.6 Å². The van der Waals surface area contributed by atoms with Crippen LogP contribution in [0.3, 0.4) is 0 Å². The monoisotopic (exact) mass is 321 g/mol. The number of carbonyl (C=O) groups excluding carboxylic acids is 1. The first-order chi connectivity index (χ1) is 10.0. The van der Waals surface area contributed by atoms with Crippen molar-refractivity contribution in [3.63, 3.8) is 0 Å². The topological polar surface area (TPSA) is 67.5 Å². The van der Waals surface area contributed by atoms with Gasteiger partial charge in [0.15, 0.2) is 0 Å². The lowest BCUT2D eigenvalue weighted by molar-refractivity contribution is -0.120. The molecule has 2 aromatic carbocycles. The SMILES string of the molecule is Nc1ccc(CC(=O)N/N=C\c2ccc(Cl)c(Cl)c2)cc1. The number of nitrogen functional groups attached to an aromatic ring is 1. The number of nitrogens with zero attached hydrogens (tertiary/aromatic N) is 1. The molecule has 2 aromatic rings. The van der Waals surface area contributed by atoms with Gasteiger partial charge < -0.3 is 5.73 Å². The molecule has 3 N–H and O–H groups in total. The molecule has 0 aliphatic heterocycles. The molecule has 21 heavy (non-hydrogen) atoms. The van der Waals surface area contributed by atoms with E-state index in [0.29, 0.717) is 15.7 Å². The summed E-state index contributed by atoms with van der Waals surface area (Å²) in [5, 5.41) is 4.79. The van der Waals surface area contributed by atoms with Gasteiger partial charge in [0.1, 0.15) is 0 Å². The molecule has 0 saturated carbocycles. The minimum atomic E-state index is -0.212. The summed E-state index contributed by atoms with van der Waals surface area (Å²) in [6, 6.07) is 12.2. The van der Waals surface area contributed by atoms with Crippen LogP contribution in [-0.2, 0) is 11.2 Å². The zero-order valence-corrected chi connectivity index (χ0v) is 12.5. The minimum Gasteiger partial charge on any atom is -0.399 e. The summed E-state index contributed by atoms with van der Waals surface area (Å²) in [6.07, 6.45) is 1.74. The molecule has 0 atom stereocenters. The van der Waals surface area contributed by atoms with Gasteiger partial charge in [-0.2, -0.15) is 5.10 Å². The summed E-state index contributed by atoms with van der Waals surface area (Å²) < 4.78 is 0. The number of anilines is 1. The molecule has 0 aromatic heterocycles. The van der Waals surface area contributed by atoms with Crippen LogP contribution in [0.25, 0.3) is 0 Å². The Labute approximate surface area is 132 Å². The molecule has 0 heterocycles. The highest BCUT2D eigenvalue weighted by molar-refractivity contribution is 6.42. The van der Waals surface area contributed by atoms with E-state index in [2.05, 4.69) is 10.5 Å². The fourth-order valence-electron chi connectivity index (χ4n) is 1.63. The number of benzene rings is 2. The van der Waals surface area contributed by atoms with Crippen LogP contribution in [0.5, 0.6) is 0 Å². The van der Waals surface area contributed by atoms with Gasteiger partial charge in [0.2, 0.25) is 5.91 Å². The van der Waals surface area contributed by atoms with Crippen LogP contribution in [0.4, 0.5) is 5.69 Å². The Morgan fingerprint density at radius 3 is 2.52 bits per heavy atom. The standard InChI is InChI=1S/C15H13Cl2N3O/c16-13-6-3-11(7-14(13)17)9-19-20-15(21)8-10-1-4-12(18)5-2-10/h1-7,9H,8,18H2,(H,20,21)/b19-9-. The van der Waals surface area contributed by atoms with E-state index in [1.807, 2.05) is 0 Å². The van der Waals surface area contributed by atoms with Crippen molar-refractivity contribution in [1.29, 1.82) is 0 Å². The third-order valence-corrected chi connectivity index (χ3v) is 3.43. The van der Waals surface area contributed by atoms with Crippen LogP contribution in [0.15, 0.2) is 47.6 Å². The first-order valence-corrected chi connectivity index (χ1v) is 6.91. The summed E-state index contributed by atoms with van der Waals surface area (Å²) in [5.41, 5.74) is 10.3. The maximum absolute atomic E-state index is 11.7. The molecule has 0 aliphatic rings. The van der Waals surface area contributed by atoms with Gasteiger partial charge in [0, 0.05) is 5.69 Å². The van der Waals surface area contributed by atoms with Gasteiger partial charge in [-0.15, -0.1) is 0 Å². The molecule has 1 amide bonds. The molecule has 0 radical (unpaired) electrons. The number of rotatable bonds is 4. The fourth-order valence-corrected chi connectivity index (χ4v) is 1.94. The average molecular weight is 322 g/mol. The Kier molecular flexibility index (Phi) is 5.20. The molecule has 0 aliphatic carbocycles. The number of hydrogen-bond donors (Lipinski definition) is 2. The molecule has 0 unspecified atom stereocenters. The van der Waals surface area contributed by atoms with E-state index in [9.17, 15) is 4.79 Å². The van der Waals surface area contributed by atoms with Gasteiger partial charge in [-0.3, -0.25) is 4.79 Å². The molecule has 0 fully saturated rings. The fraction of sp³-hybridized carbons (Fsp3) is 0.0667. The predicted octanol–water partition coefficient (Wildman–Crippen LogP) is 3.27. The predicted molar refractivity (Wildman–Crippen MR) is 86.8 cm³/mol. The Bertz CT molecular complexity index is 669. The van der Waals surface area contributed by atoms with Gasteiger partial charge in [-0.05, 0) is 35.4 Å². The van der Waals surface area contributed by atoms with E-state index in [1.165, 1.54) is 6.21 Å². The molecule has 4 nitrogen and oxygen atoms in total. The Balaban J connectivity index is 1.89. The van der Waals surface area contributed by atoms with Gasteiger partial charge in [0.05, 0.1) is 22.7 Å². The summed E-state index contributed by atoms with van der Waals surface area (Å²) >= 11 is 11.7. The molecule has 108 valence electrons. The largest absolute Gasteiger partial charge is 0.399 e. The van der Waals surface area contributed by atoms with Crippen LogP contribution in [0.1, 0.15) is 11.1 Å². The third kappa shape index (κ3) is 4.77. The number of carbonyl (C=O) groups is 1. The van der Waals surface area contributed by atoms with E-state index < -0.39 is 0 Å². The molecular weight excluding hydrogens is 309 g/mol. The van der Waals surface area contributed by atoms with Crippen molar-refractivity contribution in [2.24, 2.45) is 5.10 Å². The first kappa shape index (κ1) is 15.4. The van der Waals surface area contributed by atoms with Crippen LogP contribution >= 0.6 is 23.2 Å². The number of amides is 1. The highest BCUT2D eigenvalue weighted by atomic mass is 35.5. The second-order valence-electron chi connectivity index (χ2n) is 4.39. The zero-order chi connectivity index (χ0) is 15.2. The number of nitrogens with one attached hydrogen (secondary N) is 1. The Morgan fingerprint density at radius 1 is 1.14 bits per heavy atom. The smallest absolute Gasteiger partial charge is 0.244 e. The van der Waals surface area contributed by atoms with E-state index in [0.717, 1.165) is 11.1 Å². The van der Waals surface area contributed by atoms with E-state index >= 15 is 0 Å². The van der Waals surface area contributed by atoms with Crippen molar-refractivity contribution in [2.45, 2.75) is 6.42 Å². The lowest BCUT2D eigenvalue weighted by atomic mass is 10.1. The number of nitrogens with two attached hydrogens (primary N) is 1. The Hall–Kier alpha value is -2.04. The summed E-state index contributed by atoms with van der Waals surface area (Å²) in [6.45, 7) is 0. The summed E-state index contributed by atoms with van der Waals surface area (Å²) in [7, 11) is 0. The van der Waals surface area contributed by atoms with E-state index in [-0.39, 0.29) is 12.3 Å². The molecular formula is C15H13Cl2N3O. The normalized spacial score (nSPS) is 10.8. The molecule has 2 rings (SSSR count). The van der Waals surface area contributed by atoms with Crippen molar-refractivity contribution < 1.29 is 4.79 Å². The zero-order valence-electron chi connectivity index (χ0n) is 11.0. The van der Waals surface area contributed by atoms with Crippen LogP contribution in [0, 0.1) is 0 Å². The summed E-state index contributed by atoms with van der Waals surface area (Å²) in [4.78, 5) is 11.7. The molecule has 0 spiro atoms. The maximum atomic E-state index is 11.7. The number of hydrogen-bond acceptors (Lipinski definition) is 3. The van der Waals surface area contributed by atoms with Gasteiger partial charge >= 0.3 is 0 Å². The van der Waals surface area contributed by atoms with Crippen molar-refractivity contribution in [3.8, 4) is 0 Å². The van der Waals surface area contributed by atoms with Gasteiger partial charge in [-0.1, -0.05) is 41.4 Å². The van der Waals surface area contributed by atoms with Gasteiger partial charge in [0.25, 0.3) is 0 Å². The second kappa shape index (κ2) is 7.11. The highest BCUT2D eigenvalue weighted by Gasteiger charge is 2.02. The quantitative estimate of drug-likeness (QED) is 0.515. The average Bonchev–Trinajstić information content (AvgIpc) is 2.45. The summed E-state index contributed by atoms with van der Waals surface area (Å²) in [5.74, 6) is -0.212. The van der Waals surface area contributed by atoms with Crippen LogP contribution in [-0.4, -0.2) is 12.1 Å². The van der Waals surface area contributed by atoms with E-state index in [1.54, 1.807) is 42.5 Å². The third-order valence-electron chi connectivity index (χ3n) is 2.69. The second-order valence-corrected chi connectivity index (χ2v) is 5.20.